The fourth-order valence-corrected chi connectivity index (χ4v) is 6.47. The highest BCUT2D eigenvalue weighted by Gasteiger charge is 2.40. The molecule has 0 fully saturated rings. The average molecular weight is 699 g/mol. The second-order valence-electron chi connectivity index (χ2n) is 13.1. The van der Waals surface area contributed by atoms with Gasteiger partial charge in [-0.3, -0.25) is 0 Å². The SMILES string of the molecule is CCCC=COc1ccc2c(c1)Oc1cc(OC=CCCC)ccc1C2C1c2ccc(OC=CCCC)cc2Oc2cc(OC=CCCC)ccc21. The fourth-order valence-electron chi connectivity index (χ4n) is 6.47. The van der Waals surface area contributed by atoms with Crippen LogP contribution in [-0.2, 0) is 0 Å². The molecule has 0 aliphatic carbocycles. The molecule has 2 heterocycles. The molecule has 2 aliphatic heterocycles. The van der Waals surface area contributed by atoms with Gasteiger partial charge in [-0.05, 0) is 74.3 Å². The van der Waals surface area contributed by atoms with E-state index in [9.17, 15) is 0 Å². The first-order chi connectivity index (χ1) is 25.6. The molecule has 0 bridgehead atoms. The largest absolute Gasteiger partial charge is 0.465 e. The summed E-state index contributed by atoms with van der Waals surface area (Å²) in [6.45, 7) is 8.59. The molecule has 2 aliphatic rings. The van der Waals surface area contributed by atoms with Crippen LogP contribution >= 0.6 is 0 Å². The van der Waals surface area contributed by atoms with Crippen molar-refractivity contribution in [1.29, 1.82) is 0 Å². The highest BCUT2D eigenvalue weighted by Crippen LogP contribution is 2.58. The minimum Gasteiger partial charge on any atom is -0.465 e. The molecule has 4 aromatic carbocycles. The summed E-state index contributed by atoms with van der Waals surface area (Å²) in [6, 6.07) is 24.5. The van der Waals surface area contributed by atoms with E-state index in [0.29, 0.717) is 23.0 Å². The summed E-state index contributed by atoms with van der Waals surface area (Å²) in [4.78, 5) is 0. The predicted molar refractivity (Wildman–Crippen MR) is 208 cm³/mol. The van der Waals surface area contributed by atoms with Gasteiger partial charge in [-0.15, -0.1) is 0 Å². The second-order valence-corrected chi connectivity index (χ2v) is 13.1. The average Bonchev–Trinajstić information content (AvgIpc) is 3.16. The molecule has 6 heteroatoms. The molecule has 0 N–H and O–H groups in total. The van der Waals surface area contributed by atoms with E-state index >= 15 is 0 Å². The predicted octanol–water partition coefficient (Wildman–Crippen LogP) is 13.6. The smallest absolute Gasteiger partial charge is 0.135 e. The van der Waals surface area contributed by atoms with Gasteiger partial charge in [0.25, 0.3) is 0 Å². The summed E-state index contributed by atoms with van der Waals surface area (Å²) in [5.74, 6) is 5.59. The normalized spacial score (nSPS) is 15.9. The van der Waals surface area contributed by atoms with Gasteiger partial charge in [0.05, 0.1) is 25.0 Å². The van der Waals surface area contributed by atoms with Crippen LogP contribution in [0.15, 0.2) is 122 Å². The molecule has 6 rings (SSSR count). The van der Waals surface area contributed by atoms with Crippen LogP contribution in [-0.4, -0.2) is 0 Å². The van der Waals surface area contributed by atoms with Crippen molar-refractivity contribution >= 4 is 0 Å². The third-order valence-electron chi connectivity index (χ3n) is 9.08. The van der Waals surface area contributed by atoms with Gasteiger partial charge in [-0.25, -0.2) is 0 Å². The molecular weight excluding hydrogens is 649 g/mol. The van der Waals surface area contributed by atoms with Gasteiger partial charge >= 0.3 is 0 Å². The molecule has 0 radical (unpaired) electrons. The van der Waals surface area contributed by atoms with Crippen molar-refractivity contribution < 1.29 is 28.4 Å². The van der Waals surface area contributed by atoms with Gasteiger partial charge in [0.2, 0.25) is 0 Å². The van der Waals surface area contributed by atoms with E-state index in [1.54, 1.807) is 25.0 Å². The summed E-state index contributed by atoms with van der Waals surface area (Å²) in [5, 5.41) is 0. The number of benzene rings is 4. The summed E-state index contributed by atoms with van der Waals surface area (Å²) in [5.41, 5.74) is 4.23. The van der Waals surface area contributed by atoms with E-state index in [1.165, 1.54) is 0 Å². The third-order valence-corrected chi connectivity index (χ3v) is 9.08. The molecule has 4 aromatic rings. The maximum Gasteiger partial charge on any atom is 0.135 e. The zero-order chi connectivity index (χ0) is 36.1. The van der Waals surface area contributed by atoms with Crippen molar-refractivity contribution in [1.82, 2.24) is 0 Å². The number of allylic oxidation sites excluding steroid dienone is 4. The van der Waals surface area contributed by atoms with E-state index in [0.717, 1.165) is 96.6 Å². The minimum atomic E-state index is -0.123. The molecule has 0 aromatic heterocycles. The van der Waals surface area contributed by atoms with Crippen molar-refractivity contribution in [3.63, 3.8) is 0 Å². The van der Waals surface area contributed by atoms with Crippen LogP contribution in [0.5, 0.6) is 46.0 Å². The summed E-state index contributed by atoms with van der Waals surface area (Å²) >= 11 is 0. The Balaban J connectivity index is 1.46. The van der Waals surface area contributed by atoms with E-state index in [-0.39, 0.29) is 11.8 Å². The minimum absolute atomic E-state index is 0.123. The Morgan fingerprint density at radius 2 is 0.654 bits per heavy atom. The van der Waals surface area contributed by atoms with Gasteiger partial charge in [-0.2, -0.15) is 0 Å². The van der Waals surface area contributed by atoms with Crippen molar-refractivity contribution in [3.05, 3.63) is 144 Å². The Labute approximate surface area is 309 Å². The number of hydrogen-bond acceptors (Lipinski definition) is 6. The van der Waals surface area contributed by atoms with Crippen LogP contribution in [0.25, 0.3) is 0 Å². The number of rotatable bonds is 17. The zero-order valence-corrected chi connectivity index (χ0v) is 30.8. The maximum atomic E-state index is 6.68. The first kappa shape index (κ1) is 36.4. The standard InChI is InChI=1S/C46H50O6/c1-5-9-13-25-47-33-17-21-37-41(29-33)51-42-30-34(48-26-14-10-6-2)18-22-38(42)45(37)46-39-23-19-35(49-27-15-11-7-3)31-43(39)52-44-32-36(20-24-40(44)46)50-28-16-12-8-4/h13-32,45-46H,5-12H2,1-4H3. The van der Waals surface area contributed by atoms with Crippen molar-refractivity contribution in [3.8, 4) is 46.0 Å². The molecule has 270 valence electrons. The van der Waals surface area contributed by atoms with Crippen LogP contribution in [0.2, 0.25) is 0 Å². The van der Waals surface area contributed by atoms with Crippen LogP contribution in [0.1, 0.15) is 113 Å². The molecule has 0 saturated heterocycles. The lowest BCUT2D eigenvalue weighted by Crippen LogP contribution is -2.22. The quantitative estimate of drug-likeness (QED) is 0.102. The molecule has 0 saturated carbocycles. The van der Waals surface area contributed by atoms with Gasteiger partial charge in [0.15, 0.2) is 0 Å². The highest BCUT2D eigenvalue weighted by atomic mass is 16.5. The molecule has 0 atom stereocenters. The number of unbranched alkanes of at least 4 members (excludes halogenated alkanes) is 4. The van der Waals surface area contributed by atoms with Crippen LogP contribution in [0.4, 0.5) is 0 Å². The Morgan fingerprint density at radius 3 is 0.885 bits per heavy atom. The monoisotopic (exact) mass is 698 g/mol. The van der Waals surface area contributed by atoms with Crippen molar-refractivity contribution in [2.45, 2.75) is 90.9 Å². The lowest BCUT2D eigenvalue weighted by molar-refractivity contribution is 0.400. The Kier molecular flexibility index (Phi) is 12.8. The van der Waals surface area contributed by atoms with Crippen molar-refractivity contribution in [2.24, 2.45) is 0 Å². The summed E-state index contributed by atoms with van der Waals surface area (Å²) in [6.07, 6.45) is 23.3. The fraction of sp³-hybridized carbons (Fsp3) is 0.304. The maximum absolute atomic E-state index is 6.68. The lowest BCUT2D eigenvalue weighted by atomic mass is 9.71. The van der Waals surface area contributed by atoms with Crippen molar-refractivity contribution in [2.75, 3.05) is 0 Å². The van der Waals surface area contributed by atoms with Crippen LogP contribution in [0.3, 0.4) is 0 Å². The zero-order valence-electron chi connectivity index (χ0n) is 30.8. The topological polar surface area (TPSA) is 55.4 Å². The number of hydrogen-bond donors (Lipinski definition) is 0. The molecule has 0 spiro atoms. The van der Waals surface area contributed by atoms with E-state index in [1.807, 2.05) is 72.8 Å². The van der Waals surface area contributed by atoms with E-state index in [2.05, 4.69) is 52.0 Å². The Hall–Kier alpha value is -5.36. The van der Waals surface area contributed by atoms with Gasteiger partial charge < -0.3 is 28.4 Å². The number of ether oxygens (including phenoxy) is 6. The van der Waals surface area contributed by atoms with E-state index in [4.69, 9.17) is 28.4 Å². The van der Waals surface area contributed by atoms with Crippen LogP contribution < -0.4 is 28.4 Å². The van der Waals surface area contributed by atoms with Crippen LogP contribution in [0, 0.1) is 0 Å². The molecule has 0 unspecified atom stereocenters. The van der Waals surface area contributed by atoms with Gasteiger partial charge in [0.1, 0.15) is 46.0 Å². The Morgan fingerprint density at radius 1 is 0.404 bits per heavy atom. The van der Waals surface area contributed by atoms with Gasteiger partial charge in [-0.1, -0.05) is 77.6 Å². The Bertz CT molecular complexity index is 1640. The van der Waals surface area contributed by atoms with Gasteiger partial charge in [0, 0.05) is 58.4 Å². The molecule has 0 amide bonds. The molecule has 52 heavy (non-hydrogen) atoms. The molecular formula is C46H50O6. The first-order valence-electron chi connectivity index (χ1n) is 18.8. The third kappa shape index (κ3) is 8.74. The highest BCUT2D eigenvalue weighted by molar-refractivity contribution is 5.65. The first-order valence-corrected chi connectivity index (χ1v) is 18.8. The molecule has 6 nitrogen and oxygen atoms in total. The number of fused-ring (bicyclic) bond motifs is 4. The second kappa shape index (κ2) is 18.2. The van der Waals surface area contributed by atoms with E-state index < -0.39 is 0 Å². The summed E-state index contributed by atoms with van der Waals surface area (Å²) in [7, 11) is 0. The lowest BCUT2D eigenvalue weighted by Gasteiger charge is -2.38. The summed E-state index contributed by atoms with van der Waals surface area (Å²) < 4.78 is 37.5.